The van der Waals surface area contributed by atoms with Crippen molar-refractivity contribution in [1.29, 1.82) is 0 Å². The van der Waals surface area contributed by atoms with E-state index in [4.69, 9.17) is 33.2 Å². The molecular formula is C32H36N2O9. The molecule has 6 atom stereocenters. The van der Waals surface area contributed by atoms with Crippen molar-refractivity contribution in [1.82, 2.24) is 9.88 Å². The lowest BCUT2D eigenvalue weighted by Gasteiger charge is -2.52. The van der Waals surface area contributed by atoms with Crippen LogP contribution >= 0.6 is 0 Å². The zero-order valence-electron chi connectivity index (χ0n) is 24.7. The van der Waals surface area contributed by atoms with Crippen LogP contribution in [-0.2, 0) is 25.4 Å². The number of ether oxygens (including phenoxy) is 7. The van der Waals surface area contributed by atoms with Crippen molar-refractivity contribution in [3.8, 4) is 23.0 Å². The molecule has 1 aromatic heterocycles. The van der Waals surface area contributed by atoms with Crippen molar-refractivity contribution in [3.05, 3.63) is 47.2 Å². The molecule has 3 aliphatic heterocycles. The van der Waals surface area contributed by atoms with Crippen LogP contribution in [0.4, 0.5) is 0 Å². The number of rotatable bonds is 6. The molecule has 0 spiro atoms. The largest absolute Gasteiger partial charge is 0.497 e. The molecule has 2 fully saturated rings. The molecule has 43 heavy (non-hydrogen) atoms. The van der Waals surface area contributed by atoms with Crippen LogP contribution in [-0.4, -0.2) is 82.4 Å². The molecule has 1 saturated heterocycles. The Balaban J connectivity index is 1.18. The average Bonchev–Trinajstić information content (AvgIpc) is 3.66. The highest BCUT2D eigenvalue weighted by molar-refractivity contribution is 5.91. The number of nitrogens with one attached hydrogen (secondary N) is 1. The van der Waals surface area contributed by atoms with E-state index in [-0.39, 0.29) is 36.2 Å². The van der Waals surface area contributed by atoms with E-state index in [1.165, 1.54) is 30.9 Å². The van der Waals surface area contributed by atoms with Crippen molar-refractivity contribution in [3.63, 3.8) is 0 Å². The number of benzene rings is 2. The number of fused-ring (bicyclic) bond motifs is 7. The smallest absolute Gasteiger partial charge is 0.338 e. The lowest BCUT2D eigenvalue weighted by atomic mass is 9.63. The lowest BCUT2D eigenvalue weighted by Crippen LogP contribution is -2.58. The van der Waals surface area contributed by atoms with Gasteiger partial charge >= 0.3 is 11.9 Å². The van der Waals surface area contributed by atoms with E-state index < -0.39 is 24.1 Å². The lowest BCUT2D eigenvalue weighted by molar-refractivity contribution is -0.176. The van der Waals surface area contributed by atoms with Crippen LogP contribution in [0.3, 0.4) is 0 Å². The van der Waals surface area contributed by atoms with Gasteiger partial charge in [-0.05, 0) is 60.9 Å². The van der Waals surface area contributed by atoms with E-state index in [2.05, 4.69) is 16.0 Å². The molecule has 1 saturated carbocycles. The number of aromatic amines is 1. The summed E-state index contributed by atoms with van der Waals surface area (Å²) < 4.78 is 39.2. The zero-order chi connectivity index (χ0) is 29.8. The van der Waals surface area contributed by atoms with E-state index in [1.54, 1.807) is 26.4 Å². The van der Waals surface area contributed by atoms with Crippen molar-refractivity contribution in [2.75, 3.05) is 48.3 Å². The molecule has 0 amide bonds. The van der Waals surface area contributed by atoms with Gasteiger partial charge in [0, 0.05) is 42.9 Å². The molecule has 228 valence electrons. The fourth-order valence-corrected chi connectivity index (χ4v) is 7.81. The number of hydrogen-bond acceptors (Lipinski definition) is 10. The zero-order valence-corrected chi connectivity index (χ0v) is 24.7. The van der Waals surface area contributed by atoms with Crippen molar-refractivity contribution in [2.45, 2.75) is 37.5 Å². The molecule has 4 heterocycles. The molecule has 4 aliphatic rings. The first-order valence-electron chi connectivity index (χ1n) is 14.7. The first kappa shape index (κ1) is 27.8. The van der Waals surface area contributed by atoms with E-state index in [1.807, 2.05) is 12.1 Å². The predicted molar refractivity (Wildman–Crippen MR) is 154 cm³/mol. The number of hydrogen-bond donors (Lipinski definition) is 1. The van der Waals surface area contributed by atoms with Gasteiger partial charge in [-0.2, -0.15) is 0 Å². The Hall–Kier alpha value is -3.96. The van der Waals surface area contributed by atoms with Crippen LogP contribution in [0.25, 0.3) is 10.9 Å². The minimum atomic E-state index is -0.657. The SMILES string of the molecule is COC(=O)C1C(OC)C(OC(=O)c2cc(OC)c3c(c2)OCO3)C[C@H]2CN3CCc4c([nH]c5cc(OC)ccc45)[C@@H]3C[C@H]12. The monoisotopic (exact) mass is 592 g/mol. The quantitative estimate of drug-likeness (QED) is 0.423. The van der Waals surface area contributed by atoms with Crippen LogP contribution in [0.2, 0.25) is 0 Å². The Kier molecular flexibility index (Phi) is 7.09. The van der Waals surface area contributed by atoms with Gasteiger partial charge in [-0.15, -0.1) is 0 Å². The summed E-state index contributed by atoms with van der Waals surface area (Å²) in [6, 6.07) is 9.46. The molecule has 1 N–H and O–H groups in total. The van der Waals surface area contributed by atoms with Gasteiger partial charge in [0.15, 0.2) is 11.5 Å². The number of nitrogens with zero attached hydrogens (tertiary/aromatic N) is 1. The Morgan fingerprint density at radius 2 is 1.88 bits per heavy atom. The second-order valence-corrected chi connectivity index (χ2v) is 11.7. The number of carbonyl (C=O) groups is 2. The summed E-state index contributed by atoms with van der Waals surface area (Å²) in [6.45, 7) is 1.75. The second kappa shape index (κ2) is 10.9. The van der Waals surface area contributed by atoms with Crippen molar-refractivity contribution < 1.29 is 42.7 Å². The first-order chi connectivity index (χ1) is 20.9. The second-order valence-electron chi connectivity index (χ2n) is 11.7. The van der Waals surface area contributed by atoms with E-state index in [0.717, 1.165) is 37.2 Å². The minimum absolute atomic E-state index is 0.00821. The van der Waals surface area contributed by atoms with Gasteiger partial charge in [-0.1, -0.05) is 0 Å². The van der Waals surface area contributed by atoms with Crippen LogP contribution in [0, 0.1) is 17.8 Å². The standard InChI is InChI=1S/C32H36N2O9/c1-37-18-5-6-19-20-7-8-34-14-17-11-26(43-31(35)16-9-24(38-2)29-25(10-16)41-15-42-29)30(39-3)27(32(36)40-4)21(17)13-23(34)28(20)33-22(19)12-18/h5-6,9-10,12,17,21,23,26-27,30,33H,7-8,11,13-15H2,1-4H3/t17-,21-,23-,26?,27?,30?/m0/s1. The maximum atomic E-state index is 13.5. The Morgan fingerprint density at radius 3 is 2.65 bits per heavy atom. The summed E-state index contributed by atoms with van der Waals surface area (Å²) in [7, 11) is 6.13. The summed E-state index contributed by atoms with van der Waals surface area (Å²) in [5.41, 5.74) is 3.87. The van der Waals surface area contributed by atoms with Gasteiger partial charge < -0.3 is 38.1 Å². The maximum absolute atomic E-state index is 13.5. The minimum Gasteiger partial charge on any atom is -0.497 e. The van der Waals surface area contributed by atoms with E-state index in [9.17, 15) is 9.59 Å². The number of carbonyl (C=O) groups excluding carboxylic acids is 2. The third kappa shape index (κ3) is 4.56. The number of H-pyrrole nitrogens is 1. The van der Waals surface area contributed by atoms with Gasteiger partial charge in [-0.3, -0.25) is 9.69 Å². The Morgan fingerprint density at radius 1 is 1.02 bits per heavy atom. The molecule has 0 bridgehead atoms. The molecule has 1 aliphatic carbocycles. The third-order valence-electron chi connectivity index (χ3n) is 9.75. The summed E-state index contributed by atoms with van der Waals surface area (Å²) in [4.78, 5) is 33.1. The highest BCUT2D eigenvalue weighted by Crippen LogP contribution is 2.51. The van der Waals surface area contributed by atoms with Crippen LogP contribution in [0.5, 0.6) is 23.0 Å². The number of aromatic nitrogens is 1. The number of esters is 2. The van der Waals surface area contributed by atoms with Gasteiger partial charge in [0.2, 0.25) is 12.5 Å². The molecule has 3 unspecified atom stereocenters. The average molecular weight is 593 g/mol. The normalized spacial score (nSPS) is 27.5. The maximum Gasteiger partial charge on any atom is 0.338 e. The first-order valence-corrected chi connectivity index (χ1v) is 14.7. The van der Waals surface area contributed by atoms with Gasteiger partial charge in [-0.25, -0.2) is 4.79 Å². The number of piperidine rings is 1. The molecule has 0 radical (unpaired) electrons. The van der Waals surface area contributed by atoms with Crippen LogP contribution < -0.4 is 18.9 Å². The van der Waals surface area contributed by atoms with Gasteiger partial charge in [0.1, 0.15) is 18.0 Å². The molecule has 11 nitrogen and oxygen atoms in total. The molecule has 3 aromatic rings. The summed E-state index contributed by atoms with van der Waals surface area (Å²) in [5, 5.41) is 1.22. The highest BCUT2D eigenvalue weighted by atomic mass is 16.7. The predicted octanol–water partition coefficient (Wildman–Crippen LogP) is 3.88. The van der Waals surface area contributed by atoms with Crippen molar-refractivity contribution in [2.24, 2.45) is 17.8 Å². The summed E-state index contributed by atoms with van der Waals surface area (Å²) in [6.07, 6.45) is 0.971. The van der Waals surface area contributed by atoms with Gasteiger partial charge in [0.25, 0.3) is 0 Å². The molecular weight excluding hydrogens is 556 g/mol. The number of methoxy groups -OCH3 is 4. The van der Waals surface area contributed by atoms with Crippen molar-refractivity contribution >= 4 is 22.8 Å². The Bertz CT molecular complexity index is 1570. The molecule has 7 rings (SSSR count). The fourth-order valence-electron chi connectivity index (χ4n) is 7.81. The highest BCUT2D eigenvalue weighted by Gasteiger charge is 2.54. The van der Waals surface area contributed by atoms with E-state index in [0.29, 0.717) is 23.7 Å². The fraction of sp³-hybridized carbons (Fsp3) is 0.500. The Labute approximate surface area is 249 Å². The van der Waals surface area contributed by atoms with Crippen LogP contribution in [0.1, 0.15) is 40.5 Å². The summed E-state index contributed by atoms with van der Waals surface area (Å²) in [5.74, 6) is 0.697. The topological polar surface area (TPSA) is 118 Å². The molecule has 2 aromatic carbocycles. The van der Waals surface area contributed by atoms with E-state index >= 15 is 0 Å². The van der Waals surface area contributed by atoms with Crippen LogP contribution in [0.15, 0.2) is 30.3 Å². The summed E-state index contributed by atoms with van der Waals surface area (Å²) >= 11 is 0. The molecule has 11 heteroatoms. The van der Waals surface area contributed by atoms with Gasteiger partial charge in [0.05, 0.1) is 38.9 Å². The third-order valence-corrected chi connectivity index (χ3v) is 9.75.